The lowest BCUT2D eigenvalue weighted by Crippen LogP contribution is -2.45. The normalized spacial score (nSPS) is 17.8. The third-order valence-corrected chi connectivity index (χ3v) is 5.04. The highest BCUT2D eigenvalue weighted by molar-refractivity contribution is 5.85. The van der Waals surface area contributed by atoms with Gasteiger partial charge in [0.05, 0.1) is 0 Å². The second kappa shape index (κ2) is 8.02. The van der Waals surface area contributed by atoms with Gasteiger partial charge in [-0.2, -0.15) is 0 Å². The molecule has 2 aromatic carbocycles. The van der Waals surface area contributed by atoms with Crippen molar-refractivity contribution < 1.29 is 0 Å². The molecule has 0 spiro atoms. The SMILES string of the molecule is Cl.c1ccc(CN2CCN(Cc3cccc4c3NCC4)CC2)cc1. The Morgan fingerprint density at radius 3 is 2.25 bits per heavy atom. The Balaban J connectivity index is 0.00000169. The number of fused-ring (bicyclic) bond motifs is 1. The van der Waals surface area contributed by atoms with Gasteiger partial charge in [0.15, 0.2) is 0 Å². The van der Waals surface area contributed by atoms with Crippen LogP contribution in [-0.4, -0.2) is 42.5 Å². The number of halogens is 1. The summed E-state index contributed by atoms with van der Waals surface area (Å²) >= 11 is 0. The van der Waals surface area contributed by atoms with E-state index >= 15 is 0 Å². The molecule has 1 fully saturated rings. The van der Waals surface area contributed by atoms with Gasteiger partial charge in [-0.05, 0) is 23.1 Å². The maximum Gasteiger partial charge on any atom is 0.0419 e. The molecule has 0 aliphatic carbocycles. The Hall–Kier alpha value is -1.55. The van der Waals surface area contributed by atoms with Crippen molar-refractivity contribution in [2.24, 2.45) is 0 Å². The van der Waals surface area contributed by atoms with Gasteiger partial charge in [-0.1, -0.05) is 48.5 Å². The number of para-hydroxylation sites is 1. The van der Waals surface area contributed by atoms with Crippen LogP contribution in [0.1, 0.15) is 16.7 Å². The molecule has 2 heterocycles. The molecule has 0 unspecified atom stereocenters. The fraction of sp³-hybridized carbons (Fsp3) is 0.400. The van der Waals surface area contributed by atoms with Crippen molar-refractivity contribution in [3.05, 3.63) is 65.2 Å². The average Bonchev–Trinajstić information content (AvgIpc) is 3.07. The van der Waals surface area contributed by atoms with Gasteiger partial charge in [-0.25, -0.2) is 0 Å². The Kier molecular flexibility index (Phi) is 5.77. The zero-order valence-corrected chi connectivity index (χ0v) is 14.9. The summed E-state index contributed by atoms with van der Waals surface area (Å²) < 4.78 is 0. The van der Waals surface area contributed by atoms with Crippen LogP contribution in [0.25, 0.3) is 0 Å². The van der Waals surface area contributed by atoms with Crippen LogP contribution in [0.2, 0.25) is 0 Å². The van der Waals surface area contributed by atoms with Gasteiger partial charge in [0.25, 0.3) is 0 Å². The smallest absolute Gasteiger partial charge is 0.0419 e. The van der Waals surface area contributed by atoms with Crippen LogP contribution in [0, 0.1) is 0 Å². The van der Waals surface area contributed by atoms with E-state index in [2.05, 4.69) is 63.6 Å². The van der Waals surface area contributed by atoms with Crippen LogP contribution in [0.4, 0.5) is 5.69 Å². The molecule has 1 N–H and O–H groups in total. The van der Waals surface area contributed by atoms with Crippen LogP contribution in [0.5, 0.6) is 0 Å². The molecule has 4 heteroatoms. The average molecular weight is 344 g/mol. The molecule has 24 heavy (non-hydrogen) atoms. The number of hydrogen-bond donors (Lipinski definition) is 1. The van der Waals surface area contributed by atoms with Crippen LogP contribution >= 0.6 is 12.4 Å². The summed E-state index contributed by atoms with van der Waals surface area (Å²) in [6, 6.07) is 17.6. The fourth-order valence-electron chi connectivity index (χ4n) is 3.73. The summed E-state index contributed by atoms with van der Waals surface area (Å²) in [5, 5.41) is 3.56. The number of rotatable bonds is 4. The minimum Gasteiger partial charge on any atom is -0.384 e. The molecule has 0 bridgehead atoms. The highest BCUT2D eigenvalue weighted by Crippen LogP contribution is 2.27. The van der Waals surface area contributed by atoms with Crippen molar-refractivity contribution in [3.63, 3.8) is 0 Å². The quantitative estimate of drug-likeness (QED) is 0.918. The Morgan fingerprint density at radius 1 is 0.792 bits per heavy atom. The molecule has 128 valence electrons. The Labute approximate surface area is 151 Å². The fourth-order valence-corrected chi connectivity index (χ4v) is 3.73. The maximum absolute atomic E-state index is 3.56. The Bertz CT molecular complexity index is 651. The van der Waals surface area contributed by atoms with E-state index in [4.69, 9.17) is 0 Å². The van der Waals surface area contributed by atoms with Gasteiger partial charge in [-0.15, -0.1) is 12.4 Å². The molecule has 0 aromatic heterocycles. The van der Waals surface area contributed by atoms with Crippen molar-refractivity contribution in [2.45, 2.75) is 19.5 Å². The van der Waals surface area contributed by atoms with Gasteiger partial charge in [-0.3, -0.25) is 9.80 Å². The first-order valence-corrected chi connectivity index (χ1v) is 8.72. The van der Waals surface area contributed by atoms with Gasteiger partial charge in [0.1, 0.15) is 0 Å². The first kappa shape index (κ1) is 17.3. The predicted octanol–water partition coefficient (Wildman–Crippen LogP) is 3.39. The number of anilines is 1. The third kappa shape index (κ3) is 3.92. The molecule has 0 atom stereocenters. The molecule has 1 saturated heterocycles. The lowest BCUT2D eigenvalue weighted by molar-refractivity contribution is 0.122. The molecule has 4 rings (SSSR count). The summed E-state index contributed by atoms with van der Waals surface area (Å²) in [5.41, 5.74) is 5.78. The molecule has 0 radical (unpaired) electrons. The van der Waals surface area contributed by atoms with Crippen molar-refractivity contribution in [1.29, 1.82) is 0 Å². The molecule has 2 aliphatic rings. The minimum atomic E-state index is 0. The van der Waals surface area contributed by atoms with E-state index in [-0.39, 0.29) is 12.4 Å². The molecule has 2 aromatic rings. The monoisotopic (exact) mass is 343 g/mol. The minimum absolute atomic E-state index is 0. The van der Waals surface area contributed by atoms with E-state index in [9.17, 15) is 0 Å². The summed E-state index contributed by atoms with van der Waals surface area (Å²) in [6.07, 6.45) is 1.17. The standard InChI is InChI=1S/C20H25N3.ClH/c1-2-5-17(6-3-1)15-22-11-13-23(14-12-22)16-19-8-4-7-18-9-10-21-20(18)19;/h1-8,21H,9-16H2;1H. The van der Waals surface area contributed by atoms with Crippen LogP contribution < -0.4 is 5.32 Å². The van der Waals surface area contributed by atoms with E-state index in [0.717, 1.165) is 45.8 Å². The van der Waals surface area contributed by atoms with Crippen LogP contribution in [-0.2, 0) is 19.5 Å². The summed E-state index contributed by atoms with van der Waals surface area (Å²) in [6.45, 7) is 7.91. The molecule has 3 nitrogen and oxygen atoms in total. The lowest BCUT2D eigenvalue weighted by atomic mass is 10.1. The largest absolute Gasteiger partial charge is 0.384 e. The van der Waals surface area contributed by atoms with Crippen LogP contribution in [0.3, 0.4) is 0 Å². The highest BCUT2D eigenvalue weighted by Gasteiger charge is 2.20. The summed E-state index contributed by atoms with van der Waals surface area (Å²) in [7, 11) is 0. The van der Waals surface area contributed by atoms with Gasteiger partial charge in [0.2, 0.25) is 0 Å². The zero-order chi connectivity index (χ0) is 15.5. The summed E-state index contributed by atoms with van der Waals surface area (Å²) in [5.74, 6) is 0. The molecular weight excluding hydrogens is 318 g/mol. The van der Waals surface area contributed by atoms with Crippen molar-refractivity contribution in [3.8, 4) is 0 Å². The third-order valence-electron chi connectivity index (χ3n) is 5.04. The first-order chi connectivity index (χ1) is 11.4. The Morgan fingerprint density at radius 2 is 1.50 bits per heavy atom. The summed E-state index contributed by atoms with van der Waals surface area (Å²) in [4.78, 5) is 5.16. The zero-order valence-electron chi connectivity index (χ0n) is 14.1. The molecule has 0 saturated carbocycles. The second-order valence-electron chi connectivity index (χ2n) is 6.67. The number of nitrogens with zero attached hydrogens (tertiary/aromatic N) is 2. The molecule has 0 amide bonds. The number of nitrogens with one attached hydrogen (secondary N) is 1. The van der Waals surface area contributed by atoms with Gasteiger partial charge >= 0.3 is 0 Å². The van der Waals surface area contributed by atoms with E-state index < -0.39 is 0 Å². The number of hydrogen-bond acceptors (Lipinski definition) is 3. The highest BCUT2D eigenvalue weighted by atomic mass is 35.5. The van der Waals surface area contributed by atoms with Gasteiger partial charge < -0.3 is 5.32 Å². The van der Waals surface area contributed by atoms with E-state index in [1.165, 1.54) is 28.8 Å². The van der Waals surface area contributed by atoms with Crippen molar-refractivity contribution in [2.75, 3.05) is 38.0 Å². The maximum atomic E-state index is 3.56. The predicted molar refractivity (Wildman–Crippen MR) is 103 cm³/mol. The van der Waals surface area contributed by atoms with Crippen LogP contribution in [0.15, 0.2) is 48.5 Å². The van der Waals surface area contributed by atoms with Gasteiger partial charge in [0, 0.05) is 51.5 Å². The number of benzene rings is 2. The first-order valence-electron chi connectivity index (χ1n) is 8.72. The molecule has 2 aliphatic heterocycles. The van der Waals surface area contributed by atoms with Crippen molar-refractivity contribution >= 4 is 18.1 Å². The van der Waals surface area contributed by atoms with E-state index in [0.29, 0.717) is 0 Å². The number of piperazine rings is 1. The topological polar surface area (TPSA) is 18.5 Å². The second-order valence-corrected chi connectivity index (χ2v) is 6.67. The van der Waals surface area contributed by atoms with E-state index in [1.807, 2.05) is 0 Å². The molecular formula is C20H26ClN3. The lowest BCUT2D eigenvalue weighted by Gasteiger charge is -2.35. The van der Waals surface area contributed by atoms with E-state index in [1.54, 1.807) is 0 Å². The van der Waals surface area contributed by atoms with Crippen molar-refractivity contribution in [1.82, 2.24) is 9.80 Å².